The molecule has 37 heavy (non-hydrogen) atoms. The van der Waals surface area contributed by atoms with Crippen LogP contribution in [0, 0.1) is 5.92 Å². The van der Waals surface area contributed by atoms with Crippen molar-refractivity contribution in [3.8, 4) is 0 Å². The van der Waals surface area contributed by atoms with Crippen molar-refractivity contribution in [3.05, 3.63) is 82.2 Å². The number of aliphatic imine (C=N–C) groups is 1. The third-order valence-corrected chi connectivity index (χ3v) is 5.34. The molecule has 2 N–H and O–H groups in total. The number of primary amides is 1. The van der Waals surface area contributed by atoms with Crippen molar-refractivity contribution in [1.29, 1.82) is 0 Å². The van der Waals surface area contributed by atoms with Crippen LogP contribution in [0.4, 0.5) is 26.3 Å². The number of halogens is 7. The van der Waals surface area contributed by atoms with Gasteiger partial charge < -0.3 is 5.73 Å². The highest BCUT2D eigenvalue weighted by Crippen LogP contribution is 2.37. The summed E-state index contributed by atoms with van der Waals surface area (Å²) < 4.78 is 77.3. The number of carbonyl (C=O) groups is 1. The number of amides is 1. The summed E-state index contributed by atoms with van der Waals surface area (Å²) in [6.45, 7) is 5.41. The van der Waals surface area contributed by atoms with Crippen molar-refractivity contribution in [2.75, 3.05) is 7.05 Å². The summed E-state index contributed by atoms with van der Waals surface area (Å²) in [5.41, 5.74) is 3.62. The van der Waals surface area contributed by atoms with Gasteiger partial charge in [0.1, 0.15) is 5.15 Å². The lowest BCUT2D eigenvalue weighted by atomic mass is 9.92. The van der Waals surface area contributed by atoms with E-state index in [-0.39, 0.29) is 23.3 Å². The third-order valence-electron chi connectivity index (χ3n) is 5.04. The number of allylic oxidation sites excluding steroid dienone is 3. The number of carbonyl (C=O) groups excluding carboxylic acids is 1. The molecule has 1 aromatic heterocycles. The van der Waals surface area contributed by atoms with Crippen molar-refractivity contribution in [1.82, 2.24) is 4.98 Å². The molecule has 0 aliphatic heterocycles. The molecule has 0 radical (unpaired) electrons. The molecular formula is C26H28ClF6N3O. The van der Waals surface area contributed by atoms with Crippen molar-refractivity contribution >= 4 is 28.8 Å². The first kappa shape index (κ1) is 31.9. The van der Waals surface area contributed by atoms with E-state index < -0.39 is 29.4 Å². The second-order valence-corrected chi connectivity index (χ2v) is 8.20. The lowest BCUT2D eigenvalue weighted by molar-refractivity contribution is -0.143. The van der Waals surface area contributed by atoms with E-state index in [2.05, 4.69) is 9.98 Å². The Morgan fingerprint density at radius 2 is 1.70 bits per heavy atom. The second kappa shape index (κ2) is 14.0. The van der Waals surface area contributed by atoms with E-state index in [1.165, 1.54) is 7.05 Å². The fourth-order valence-corrected chi connectivity index (χ4v) is 3.54. The van der Waals surface area contributed by atoms with Crippen LogP contribution in [-0.4, -0.2) is 23.7 Å². The minimum atomic E-state index is -4.86. The first-order chi connectivity index (χ1) is 17.2. The van der Waals surface area contributed by atoms with Crippen molar-refractivity contribution in [3.63, 3.8) is 0 Å². The van der Waals surface area contributed by atoms with Gasteiger partial charge in [0.25, 0.3) is 0 Å². The molecule has 1 amide bonds. The molecule has 0 saturated carbocycles. The number of hydrogen-bond acceptors (Lipinski definition) is 3. The Bertz CT molecular complexity index is 1120. The molecule has 0 saturated heterocycles. The van der Waals surface area contributed by atoms with E-state index >= 15 is 0 Å². The molecule has 2 rings (SSSR count). The maximum atomic E-state index is 12.9. The van der Waals surface area contributed by atoms with Crippen molar-refractivity contribution < 1.29 is 31.1 Å². The number of aromatic nitrogens is 1. The SMILES string of the molecule is C/C=C/CC(C)C(=NC)c1cc(C(F)(F)F)cc(C(F)(F)F)c1.CC/C=C(/C(N)=O)c1cccnc1Cl. The summed E-state index contributed by atoms with van der Waals surface area (Å²) in [7, 11) is 1.36. The molecule has 0 fully saturated rings. The van der Waals surface area contributed by atoms with Gasteiger partial charge in [-0.1, -0.05) is 43.7 Å². The quantitative estimate of drug-likeness (QED) is 0.126. The van der Waals surface area contributed by atoms with Crippen LogP contribution in [0.1, 0.15) is 55.9 Å². The van der Waals surface area contributed by atoms with E-state index in [4.69, 9.17) is 17.3 Å². The number of alkyl halides is 6. The predicted molar refractivity (Wildman–Crippen MR) is 134 cm³/mol. The molecule has 11 heteroatoms. The largest absolute Gasteiger partial charge is 0.416 e. The van der Waals surface area contributed by atoms with Gasteiger partial charge in [0.05, 0.1) is 11.1 Å². The standard InChI is InChI=1S/C16H17F6N.C10H11ClN2O/c1-4-5-6-10(2)14(23-3)11-7-12(15(17,18)19)9-13(8-11)16(20,21)22;1-2-4-8(10(12)14)7-5-3-6-13-9(7)11/h4-5,7-10H,6H2,1-3H3;3-6H,2H2,1H3,(H2,12,14)/b5-4+,23-14?;8-4+. The van der Waals surface area contributed by atoms with E-state index in [0.29, 0.717) is 34.8 Å². The smallest absolute Gasteiger partial charge is 0.366 e. The molecule has 4 nitrogen and oxygen atoms in total. The highest BCUT2D eigenvalue weighted by Gasteiger charge is 2.37. The zero-order valence-corrected chi connectivity index (χ0v) is 21.5. The van der Waals surface area contributed by atoms with Gasteiger partial charge in [0.15, 0.2) is 0 Å². The van der Waals surface area contributed by atoms with Gasteiger partial charge in [0, 0.05) is 36.0 Å². The monoisotopic (exact) mass is 547 g/mol. The van der Waals surface area contributed by atoms with Gasteiger partial charge in [-0.05, 0) is 55.7 Å². The first-order valence-electron chi connectivity index (χ1n) is 11.2. The highest BCUT2D eigenvalue weighted by atomic mass is 35.5. The van der Waals surface area contributed by atoms with E-state index in [9.17, 15) is 31.1 Å². The lowest BCUT2D eigenvalue weighted by Crippen LogP contribution is -2.17. The third kappa shape index (κ3) is 9.68. The van der Waals surface area contributed by atoms with Crippen LogP contribution in [0.25, 0.3) is 5.57 Å². The number of pyridine rings is 1. The van der Waals surface area contributed by atoms with Gasteiger partial charge in [-0.2, -0.15) is 26.3 Å². The Kier molecular flexibility index (Phi) is 12.0. The maximum absolute atomic E-state index is 12.9. The molecule has 1 atom stereocenters. The summed E-state index contributed by atoms with van der Waals surface area (Å²) in [6, 6.07) is 4.98. The van der Waals surface area contributed by atoms with Crippen LogP contribution in [0.3, 0.4) is 0 Å². The van der Waals surface area contributed by atoms with Crippen LogP contribution in [0.2, 0.25) is 5.15 Å². The van der Waals surface area contributed by atoms with Gasteiger partial charge in [-0.3, -0.25) is 9.79 Å². The number of benzene rings is 1. The Labute approximate surface area is 217 Å². The van der Waals surface area contributed by atoms with Crippen LogP contribution < -0.4 is 5.73 Å². The van der Waals surface area contributed by atoms with Crippen LogP contribution in [-0.2, 0) is 17.1 Å². The molecule has 0 aliphatic carbocycles. The minimum absolute atomic E-state index is 0.118. The summed E-state index contributed by atoms with van der Waals surface area (Å²) in [5, 5.41) is 0.297. The molecule has 0 aliphatic rings. The fourth-order valence-electron chi connectivity index (χ4n) is 3.32. The van der Waals surface area contributed by atoms with E-state index in [0.717, 1.165) is 6.42 Å². The second-order valence-electron chi connectivity index (χ2n) is 7.84. The average Bonchev–Trinajstić information content (AvgIpc) is 2.81. The van der Waals surface area contributed by atoms with E-state index in [1.54, 1.807) is 50.4 Å². The van der Waals surface area contributed by atoms with E-state index in [1.807, 2.05) is 6.92 Å². The Hall–Kier alpha value is -3.14. The van der Waals surface area contributed by atoms with Gasteiger partial charge in [0.2, 0.25) is 5.91 Å². The fraction of sp³-hybridized carbons (Fsp3) is 0.346. The normalized spacial score (nSPS) is 13.8. The van der Waals surface area contributed by atoms with Crippen LogP contribution in [0.15, 0.2) is 59.7 Å². The number of nitrogens with two attached hydrogens (primary N) is 1. The molecule has 0 spiro atoms. The lowest BCUT2D eigenvalue weighted by Gasteiger charge is -2.18. The van der Waals surface area contributed by atoms with Crippen LogP contribution in [0.5, 0.6) is 0 Å². The molecule has 2 aromatic rings. The predicted octanol–water partition coefficient (Wildman–Crippen LogP) is 7.76. The number of rotatable bonds is 7. The average molecular weight is 548 g/mol. The highest BCUT2D eigenvalue weighted by molar-refractivity contribution is 6.33. The Morgan fingerprint density at radius 3 is 2.11 bits per heavy atom. The van der Waals surface area contributed by atoms with Crippen molar-refractivity contribution in [2.45, 2.75) is 46.0 Å². The zero-order chi connectivity index (χ0) is 28.4. The molecule has 1 unspecified atom stereocenters. The molecular weight excluding hydrogens is 520 g/mol. The van der Waals surface area contributed by atoms with Crippen LogP contribution >= 0.6 is 11.6 Å². The molecule has 0 bridgehead atoms. The Morgan fingerprint density at radius 1 is 1.14 bits per heavy atom. The zero-order valence-electron chi connectivity index (χ0n) is 20.7. The van der Waals surface area contributed by atoms with Crippen molar-refractivity contribution in [2.24, 2.45) is 16.6 Å². The summed E-state index contributed by atoms with van der Waals surface area (Å²) >= 11 is 5.84. The number of nitrogens with zero attached hydrogens (tertiary/aromatic N) is 2. The maximum Gasteiger partial charge on any atom is 0.416 e. The summed E-state index contributed by atoms with van der Waals surface area (Å²) in [5.74, 6) is -0.789. The molecule has 202 valence electrons. The molecule has 1 aromatic carbocycles. The molecule has 1 heterocycles. The summed E-state index contributed by atoms with van der Waals surface area (Å²) in [6.07, 6.45) is -1.67. The van der Waals surface area contributed by atoms with Gasteiger partial charge in [-0.15, -0.1) is 0 Å². The van der Waals surface area contributed by atoms with Gasteiger partial charge in [-0.25, -0.2) is 4.98 Å². The van der Waals surface area contributed by atoms with Gasteiger partial charge >= 0.3 is 12.4 Å². The Balaban J connectivity index is 0.000000417. The minimum Gasteiger partial charge on any atom is -0.366 e. The summed E-state index contributed by atoms with van der Waals surface area (Å²) in [4.78, 5) is 18.9. The first-order valence-corrected chi connectivity index (χ1v) is 11.5. The number of hydrogen-bond donors (Lipinski definition) is 1. The topological polar surface area (TPSA) is 68.3 Å².